The van der Waals surface area contributed by atoms with Crippen molar-refractivity contribution in [1.82, 2.24) is 0 Å². The number of ketones is 1. The first-order chi connectivity index (χ1) is 9.83. The molecule has 0 fully saturated rings. The quantitative estimate of drug-likeness (QED) is 0.613. The van der Waals surface area contributed by atoms with Crippen molar-refractivity contribution < 1.29 is 9.53 Å². The van der Waals surface area contributed by atoms with Gasteiger partial charge in [0.25, 0.3) is 0 Å². The van der Waals surface area contributed by atoms with Crippen LogP contribution in [-0.2, 0) is 4.74 Å². The maximum Gasteiger partial charge on any atom is 0.190 e. The zero-order valence-electron chi connectivity index (χ0n) is 10.7. The molecule has 1 heterocycles. The third-order valence-electron chi connectivity index (χ3n) is 2.86. The van der Waals surface area contributed by atoms with E-state index in [2.05, 4.69) is 0 Å². The Kier molecular flexibility index (Phi) is 3.70. The lowest BCUT2D eigenvalue weighted by atomic mass is 10.1. The molecule has 20 heavy (non-hydrogen) atoms. The lowest BCUT2D eigenvalue weighted by Gasteiger charge is -2.03. The van der Waals surface area contributed by atoms with Crippen molar-refractivity contribution >= 4 is 23.3 Å². The van der Waals surface area contributed by atoms with E-state index in [4.69, 9.17) is 4.74 Å². The molecule has 2 nitrogen and oxygen atoms in total. The van der Waals surface area contributed by atoms with Crippen molar-refractivity contribution in [3.8, 4) is 0 Å². The van der Waals surface area contributed by atoms with Gasteiger partial charge in [-0.2, -0.15) is 0 Å². The molecule has 2 aromatic carbocycles. The normalized spacial score (nSPS) is 15.8. The highest BCUT2D eigenvalue weighted by Crippen LogP contribution is 2.36. The highest BCUT2D eigenvalue weighted by atomic mass is 32.2. The lowest BCUT2D eigenvalue weighted by molar-refractivity contribution is 0.104. The molecule has 0 atom stereocenters. The number of hydrogen-bond donors (Lipinski definition) is 0. The van der Waals surface area contributed by atoms with E-state index in [9.17, 15) is 4.79 Å². The number of hydrogen-bond acceptors (Lipinski definition) is 3. The maximum atomic E-state index is 12.1. The summed E-state index contributed by atoms with van der Waals surface area (Å²) in [5.41, 5.74) is 1.67. The maximum absolute atomic E-state index is 12.1. The predicted molar refractivity (Wildman–Crippen MR) is 82.0 cm³/mol. The summed E-state index contributed by atoms with van der Waals surface area (Å²) in [5, 5.41) is 2.53. The number of thioether (sulfide) groups is 1. The van der Waals surface area contributed by atoms with Gasteiger partial charge in [0.15, 0.2) is 10.9 Å². The van der Waals surface area contributed by atoms with Crippen LogP contribution in [0.15, 0.2) is 77.2 Å². The minimum Gasteiger partial charge on any atom is -0.449 e. The van der Waals surface area contributed by atoms with Gasteiger partial charge in [-0.3, -0.25) is 4.79 Å². The van der Waals surface area contributed by atoms with E-state index < -0.39 is 0 Å². The van der Waals surface area contributed by atoms with Crippen molar-refractivity contribution in [3.63, 3.8) is 0 Å². The van der Waals surface area contributed by atoms with Crippen LogP contribution in [-0.4, -0.2) is 5.78 Å². The summed E-state index contributed by atoms with van der Waals surface area (Å²) in [6.45, 7) is 0. The van der Waals surface area contributed by atoms with E-state index in [0.717, 1.165) is 11.3 Å². The van der Waals surface area contributed by atoms with E-state index in [-0.39, 0.29) is 5.78 Å². The fraction of sp³-hybridized carbons (Fsp3) is 0. The summed E-state index contributed by atoms with van der Waals surface area (Å²) < 4.78 is 5.70. The number of allylic oxidation sites excluding steroid dienone is 1. The predicted octanol–water partition coefficient (Wildman–Crippen LogP) is 4.47. The third-order valence-corrected chi connectivity index (χ3v) is 3.62. The van der Waals surface area contributed by atoms with Gasteiger partial charge < -0.3 is 4.74 Å². The number of carbonyl (C=O) groups is 1. The molecule has 0 saturated heterocycles. The Balaban J connectivity index is 1.73. The number of benzene rings is 2. The molecule has 0 aliphatic carbocycles. The van der Waals surface area contributed by atoms with Crippen LogP contribution in [0.5, 0.6) is 0 Å². The van der Waals surface area contributed by atoms with Crippen molar-refractivity contribution in [2.24, 2.45) is 0 Å². The van der Waals surface area contributed by atoms with Crippen LogP contribution in [0.2, 0.25) is 0 Å². The molecule has 0 amide bonds. The van der Waals surface area contributed by atoms with Crippen molar-refractivity contribution in [2.75, 3.05) is 0 Å². The van der Waals surface area contributed by atoms with Crippen LogP contribution in [0, 0.1) is 0 Å². The van der Waals surface area contributed by atoms with Gasteiger partial charge in [-0.25, -0.2) is 0 Å². The van der Waals surface area contributed by atoms with Crippen LogP contribution in [0.3, 0.4) is 0 Å². The molecule has 0 saturated carbocycles. The molecule has 0 bridgehead atoms. The van der Waals surface area contributed by atoms with Crippen LogP contribution in [0.1, 0.15) is 15.9 Å². The third kappa shape index (κ3) is 2.83. The second-order valence-corrected chi connectivity index (χ2v) is 5.14. The average molecular weight is 280 g/mol. The molecule has 1 aliphatic heterocycles. The molecule has 2 aromatic rings. The van der Waals surface area contributed by atoms with Gasteiger partial charge in [0.1, 0.15) is 5.76 Å². The Bertz CT molecular complexity index is 673. The van der Waals surface area contributed by atoms with Gasteiger partial charge in [0.2, 0.25) is 0 Å². The molecule has 0 radical (unpaired) electrons. The number of rotatable bonds is 3. The first-order valence-electron chi connectivity index (χ1n) is 6.24. The first-order valence-corrected chi connectivity index (χ1v) is 7.12. The fourth-order valence-electron chi connectivity index (χ4n) is 1.85. The summed E-state index contributed by atoms with van der Waals surface area (Å²) in [6.07, 6.45) is 1.53. The average Bonchev–Trinajstić information content (AvgIpc) is 2.97. The molecule has 0 spiro atoms. The van der Waals surface area contributed by atoms with Crippen molar-refractivity contribution in [1.29, 1.82) is 0 Å². The minimum absolute atomic E-state index is 0.0455. The van der Waals surface area contributed by atoms with E-state index in [1.165, 1.54) is 17.8 Å². The van der Waals surface area contributed by atoms with Crippen LogP contribution >= 0.6 is 11.8 Å². The topological polar surface area (TPSA) is 26.3 Å². The first kappa shape index (κ1) is 12.8. The SMILES string of the molecule is O=C(/C=C1/OC(c2ccccc2)=CS1)c1ccccc1. The van der Waals surface area contributed by atoms with Crippen LogP contribution in [0.25, 0.3) is 5.76 Å². The molecular weight excluding hydrogens is 268 g/mol. The van der Waals surface area contributed by atoms with Gasteiger partial charge in [-0.1, -0.05) is 72.4 Å². The number of carbonyl (C=O) groups excluding carboxylic acids is 1. The Morgan fingerprint density at radius 2 is 1.60 bits per heavy atom. The molecule has 0 aromatic heterocycles. The summed E-state index contributed by atoms with van der Waals surface area (Å²) >= 11 is 1.42. The standard InChI is InChI=1S/C17H12O2S/c18-15(13-7-3-1-4-8-13)11-17-19-16(12-20-17)14-9-5-2-6-10-14/h1-12H/b17-11-. The largest absolute Gasteiger partial charge is 0.449 e. The lowest BCUT2D eigenvalue weighted by Crippen LogP contribution is -1.95. The second-order valence-electron chi connectivity index (χ2n) is 4.26. The van der Waals surface area contributed by atoms with E-state index in [1.54, 1.807) is 12.1 Å². The van der Waals surface area contributed by atoms with Gasteiger partial charge in [0, 0.05) is 22.6 Å². The highest BCUT2D eigenvalue weighted by molar-refractivity contribution is 8.06. The number of ether oxygens (including phenoxy) is 1. The van der Waals surface area contributed by atoms with Gasteiger partial charge >= 0.3 is 0 Å². The molecule has 3 rings (SSSR count). The summed E-state index contributed by atoms with van der Waals surface area (Å²) in [6, 6.07) is 19.0. The molecule has 0 unspecified atom stereocenters. The van der Waals surface area contributed by atoms with E-state index in [0.29, 0.717) is 10.7 Å². The monoisotopic (exact) mass is 280 g/mol. The summed E-state index contributed by atoms with van der Waals surface area (Å²) in [7, 11) is 0. The fourth-order valence-corrected chi connectivity index (χ4v) is 2.57. The van der Waals surface area contributed by atoms with E-state index >= 15 is 0 Å². The molecule has 98 valence electrons. The van der Waals surface area contributed by atoms with Gasteiger partial charge in [-0.15, -0.1) is 0 Å². The van der Waals surface area contributed by atoms with Crippen LogP contribution < -0.4 is 0 Å². The molecule has 1 aliphatic rings. The molecule has 0 N–H and O–H groups in total. The summed E-state index contributed by atoms with van der Waals surface area (Å²) in [4.78, 5) is 12.1. The van der Waals surface area contributed by atoms with Crippen molar-refractivity contribution in [2.45, 2.75) is 0 Å². The Morgan fingerprint density at radius 1 is 0.950 bits per heavy atom. The minimum atomic E-state index is -0.0455. The second kappa shape index (κ2) is 5.80. The Labute approximate surface area is 121 Å². The highest BCUT2D eigenvalue weighted by Gasteiger charge is 2.15. The van der Waals surface area contributed by atoms with Crippen LogP contribution in [0.4, 0.5) is 0 Å². The smallest absolute Gasteiger partial charge is 0.190 e. The Hall–Kier alpha value is -2.26. The zero-order chi connectivity index (χ0) is 13.8. The zero-order valence-corrected chi connectivity index (χ0v) is 11.5. The van der Waals surface area contributed by atoms with Crippen molar-refractivity contribution in [3.05, 3.63) is 88.4 Å². The molecular formula is C17H12O2S. The van der Waals surface area contributed by atoms with Gasteiger partial charge in [0.05, 0.1) is 0 Å². The van der Waals surface area contributed by atoms with Gasteiger partial charge in [-0.05, 0) is 0 Å². The van der Waals surface area contributed by atoms with E-state index in [1.807, 2.05) is 53.9 Å². The summed E-state index contributed by atoms with van der Waals surface area (Å²) in [5.74, 6) is 0.735. The molecule has 3 heteroatoms. The Morgan fingerprint density at radius 3 is 2.30 bits per heavy atom.